The van der Waals surface area contributed by atoms with Crippen molar-refractivity contribution < 1.29 is 8.78 Å². The van der Waals surface area contributed by atoms with Crippen LogP contribution in [-0.2, 0) is 0 Å². The van der Waals surface area contributed by atoms with Crippen molar-refractivity contribution in [2.24, 2.45) is 5.92 Å². The molecule has 0 bridgehead atoms. The first-order chi connectivity index (χ1) is 10.1. The van der Waals surface area contributed by atoms with E-state index in [4.69, 9.17) is 0 Å². The lowest BCUT2D eigenvalue weighted by molar-refractivity contribution is 0.441. The molecule has 0 aliphatic carbocycles. The number of rotatable bonds is 10. The fourth-order valence-electron chi connectivity index (χ4n) is 2.74. The SMILES string of the molecule is CCCCC(CC)CCP(CCC)c1ccc(F)cc1F. The summed E-state index contributed by atoms with van der Waals surface area (Å²) in [6, 6.07) is 4.10. The van der Waals surface area contributed by atoms with E-state index >= 15 is 0 Å². The normalized spacial score (nSPS) is 14.1. The number of hydrogen-bond acceptors (Lipinski definition) is 0. The van der Waals surface area contributed by atoms with Crippen LogP contribution in [0, 0.1) is 17.6 Å². The van der Waals surface area contributed by atoms with Gasteiger partial charge in [-0.3, -0.25) is 0 Å². The van der Waals surface area contributed by atoms with E-state index in [-0.39, 0.29) is 5.82 Å². The molecule has 120 valence electrons. The second-order valence-corrected chi connectivity index (χ2v) is 8.24. The summed E-state index contributed by atoms with van der Waals surface area (Å²) in [7, 11) is -0.484. The van der Waals surface area contributed by atoms with E-state index in [9.17, 15) is 8.78 Å². The Morgan fingerprint density at radius 2 is 1.76 bits per heavy atom. The Hall–Kier alpha value is -0.490. The third-order valence-electron chi connectivity index (χ3n) is 4.09. The molecule has 0 spiro atoms. The van der Waals surface area contributed by atoms with Gasteiger partial charge < -0.3 is 0 Å². The molecule has 3 heteroatoms. The second-order valence-electron chi connectivity index (χ2n) is 5.79. The van der Waals surface area contributed by atoms with E-state index in [1.54, 1.807) is 6.07 Å². The highest BCUT2D eigenvalue weighted by Crippen LogP contribution is 2.38. The fraction of sp³-hybridized carbons (Fsp3) is 0.667. The molecule has 1 aromatic carbocycles. The molecule has 0 saturated heterocycles. The maximum atomic E-state index is 14.0. The van der Waals surface area contributed by atoms with Crippen molar-refractivity contribution in [2.75, 3.05) is 12.3 Å². The van der Waals surface area contributed by atoms with Crippen LogP contribution in [0.1, 0.15) is 59.3 Å². The zero-order valence-electron chi connectivity index (χ0n) is 13.7. The van der Waals surface area contributed by atoms with Gasteiger partial charge in [0.1, 0.15) is 11.6 Å². The highest BCUT2D eigenvalue weighted by Gasteiger charge is 2.17. The van der Waals surface area contributed by atoms with Crippen LogP contribution in [0.3, 0.4) is 0 Å². The molecule has 0 fully saturated rings. The molecule has 21 heavy (non-hydrogen) atoms. The Morgan fingerprint density at radius 1 is 1.00 bits per heavy atom. The summed E-state index contributed by atoms with van der Waals surface area (Å²) in [4.78, 5) is 0. The van der Waals surface area contributed by atoms with Crippen LogP contribution in [0.5, 0.6) is 0 Å². The molecule has 0 radical (unpaired) electrons. The molecule has 0 aliphatic heterocycles. The molecule has 0 nitrogen and oxygen atoms in total. The quantitative estimate of drug-likeness (QED) is 0.458. The number of hydrogen-bond donors (Lipinski definition) is 0. The number of benzene rings is 1. The van der Waals surface area contributed by atoms with Gasteiger partial charge in [-0.2, -0.15) is 0 Å². The van der Waals surface area contributed by atoms with Crippen molar-refractivity contribution in [3.05, 3.63) is 29.8 Å². The lowest BCUT2D eigenvalue weighted by Crippen LogP contribution is -2.13. The first-order valence-corrected chi connectivity index (χ1v) is 10.0. The van der Waals surface area contributed by atoms with Crippen molar-refractivity contribution in [3.63, 3.8) is 0 Å². The smallest absolute Gasteiger partial charge is 0.133 e. The van der Waals surface area contributed by atoms with E-state index in [1.165, 1.54) is 38.2 Å². The van der Waals surface area contributed by atoms with Crippen molar-refractivity contribution in [1.82, 2.24) is 0 Å². The van der Waals surface area contributed by atoms with Crippen LogP contribution in [0.25, 0.3) is 0 Å². The van der Waals surface area contributed by atoms with Crippen LogP contribution in [0.2, 0.25) is 0 Å². The highest BCUT2D eigenvalue weighted by molar-refractivity contribution is 7.65. The third-order valence-corrected chi connectivity index (χ3v) is 6.92. The lowest BCUT2D eigenvalue weighted by atomic mass is 9.97. The zero-order valence-corrected chi connectivity index (χ0v) is 14.6. The predicted octanol–water partition coefficient (Wildman–Crippen LogP) is 6.09. The molecule has 2 atom stereocenters. The van der Waals surface area contributed by atoms with E-state index < -0.39 is 13.7 Å². The van der Waals surface area contributed by atoms with Gasteiger partial charge in [-0.05, 0) is 36.8 Å². The van der Waals surface area contributed by atoms with Gasteiger partial charge in [-0.1, -0.05) is 60.8 Å². The Balaban J connectivity index is 2.68. The summed E-state index contributed by atoms with van der Waals surface area (Å²) in [5, 5.41) is 0.763. The van der Waals surface area contributed by atoms with Crippen LogP contribution in [-0.4, -0.2) is 12.3 Å². The monoisotopic (exact) mass is 314 g/mol. The number of unbranched alkanes of at least 4 members (excludes halogenated alkanes) is 1. The van der Waals surface area contributed by atoms with E-state index in [2.05, 4.69) is 20.8 Å². The van der Waals surface area contributed by atoms with Crippen molar-refractivity contribution >= 4 is 13.2 Å². The maximum Gasteiger partial charge on any atom is 0.133 e. The van der Waals surface area contributed by atoms with Gasteiger partial charge in [-0.15, -0.1) is 0 Å². The molecule has 0 saturated carbocycles. The van der Waals surface area contributed by atoms with Gasteiger partial charge in [-0.25, -0.2) is 8.78 Å². The summed E-state index contributed by atoms with van der Waals surface area (Å²) in [5.74, 6) is -0.0661. The van der Waals surface area contributed by atoms with Gasteiger partial charge in [0, 0.05) is 11.4 Å². The molecule has 0 amide bonds. The minimum atomic E-state index is -0.484. The molecular weight excluding hydrogens is 285 g/mol. The second kappa shape index (κ2) is 10.3. The van der Waals surface area contributed by atoms with Crippen LogP contribution in [0.15, 0.2) is 18.2 Å². The third kappa shape index (κ3) is 6.43. The summed E-state index contributed by atoms with van der Waals surface area (Å²) in [6.07, 6.45) is 9.39. The maximum absolute atomic E-state index is 14.0. The molecule has 0 heterocycles. The molecule has 1 rings (SSSR count). The van der Waals surface area contributed by atoms with Crippen molar-refractivity contribution in [2.45, 2.75) is 59.3 Å². The summed E-state index contributed by atoms with van der Waals surface area (Å²) < 4.78 is 27.1. The Kier molecular flexibility index (Phi) is 9.08. The van der Waals surface area contributed by atoms with E-state index in [1.807, 2.05) is 0 Å². The lowest BCUT2D eigenvalue weighted by Gasteiger charge is -2.21. The van der Waals surface area contributed by atoms with Crippen molar-refractivity contribution in [3.8, 4) is 0 Å². The predicted molar refractivity (Wildman–Crippen MR) is 90.9 cm³/mol. The summed E-state index contributed by atoms with van der Waals surface area (Å²) in [6.45, 7) is 6.62. The van der Waals surface area contributed by atoms with E-state index in [0.717, 1.165) is 36.0 Å². The molecule has 2 unspecified atom stereocenters. The summed E-state index contributed by atoms with van der Waals surface area (Å²) >= 11 is 0. The number of halogens is 2. The molecule has 0 aromatic heterocycles. The average Bonchev–Trinajstić information content (AvgIpc) is 2.46. The fourth-order valence-corrected chi connectivity index (χ4v) is 5.32. The van der Waals surface area contributed by atoms with Gasteiger partial charge in [0.15, 0.2) is 0 Å². The van der Waals surface area contributed by atoms with Crippen molar-refractivity contribution in [1.29, 1.82) is 0 Å². The van der Waals surface area contributed by atoms with Gasteiger partial charge in [0.05, 0.1) is 0 Å². The first-order valence-electron chi connectivity index (χ1n) is 8.32. The molecular formula is C18H29F2P. The van der Waals surface area contributed by atoms with Crippen LogP contribution < -0.4 is 5.30 Å². The largest absolute Gasteiger partial charge is 0.207 e. The van der Waals surface area contributed by atoms with Crippen LogP contribution >= 0.6 is 7.92 Å². The molecule has 0 aliphatic rings. The average molecular weight is 314 g/mol. The van der Waals surface area contributed by atoms with Gasteiger partial charge >= 0.3 is 0 Å². The molecule has 0 N–H and O–H groups in total. The zero-order chi connectivity index (χ0) is 15.7. The topological polar surface area (TPSA) is 0 Å². The van der Waals surface area contributed by atoms with Gasteiger partial charge in [0.2, 0.25) is 0 Å². The minimum Gasteiger partial charge on any atom is -0.207 e. The molecule has 1 aromatic rings. The summed E-state index contributed by atoms with van der Waals surface area (Å²) in [5.41, 5.74) is 0. The Labute approximate surface area is 130 Å². The highest BCUT2D eigenvalue weighted by atomic mass is 31.1. The van der Waals surface area contributed by atoms with Crippen LogP contribution in [0.4, 0.5) is 8.78 Å². The Bertz CT molecular complexity index is 406. The first kappa shape index (κ1) is 18.6. The van der Waals surface area contributed by atoms with Gasteiger partial charge in [0.25, 0.3) is 0 Å². The standard InChI is InChI=1S/C18H29F2P/c1-4-7-8-15(6-3)11-13-21(12-5-2)18-10-9-16(19)14-17(18)20/h9-10,14-15H,4-8,11-13H2,1-3H3. The Morgan fingerprint density at radius 3 is 2.33 bits per heavy atom. The van der Waals surface area contributed by atoms with E-state index in [0.29, 0.717) is 0 Å². The minimum absolute atomic E-state index is 0.351.